The normalized spacial score (nSPS) is 11.2. The summed E-state index contributed by atoms with van der Waals surface area (Å²) in [6.45, 7) is 9.78. The van der Waals surface area contributed by atoms with Crippen molar-refractivity contribution in [2.75, 3.05) is 26.2 Å². The Hall–Kier alpha value is -0.970. The molecule has 0 bridgehead atoms. The molecule has 2 aromatic carbocycles. The minimum atomic E-state index is 0.424. The van der Waals surface area contributed by atoms with Gasteiger partial charge in [-0.05, 0) is 68.5 Å². The molecule has 3 nitrogen and oxygen atoms in total. The molecule has 2 aromatic rings. The van der Waals surface area contributed by atoms with E-state index in [1.807, 2.05) is 30.3 Å². The third-order valence-corrected chi connectivity index (χ3v) is 5.41. The van der Waals surface area contributed by atoms with Gasteiger partial charge in [-0.25, -0.2) is 0 Å². The highest BCUT2D eigenvalue weighted by molar-refractivity contribution is 6.42. The molecule has 0 amide bonds. The van der Waals surface area contributed by atoms with E-state index in [9.17, 15) is 0 Å². The first-order valence-corrected chi connectivity index (χ1v) is 10.4. The molecule has 0 aliphatic heterocycles. The Morgan fingerprint density at radius 1 is 0.963 bits per heavy atom. The second-order valence-electron chi connectivity index (χ2n) is 6.35. The van der Waals surface area contributed by atoms with Crippen LogP contribution in [0.5, 0.6) is 5.75 Å². The van der Waals surface area contributed by atoms with E-state index >= 15 is 0 Å². The van der Waals surface area contributed by atoms with Gasteiger partial charge in [-0.1, -0.05) is 54.7 Å². The average molecular weight is 430 g/mol. The van der Waals surface area contributed by atoms with Crippen LogP contribution in [-0.4, -0.2) is 31.1 Å². The summed E-state index contributed by atoms with van der Waals surface area (Å²) in [5.41, 5.74) is 2.02. The van der Waals surface area contributed by atoms with E-state index < -0.39 is 0 Å². The zero-order valence-corrected chi connectivity index (χ0v) is 18.2. The highest BCUT2D eigenvalue weighted by Crippen LogP contribution is 2.26. The predicted octanol–water partition coefficient (Wildman–Crippen LogP) is 6.05. The number of nitrogens with zero attached hydrogens (tertiary/aromatic N) is 1. The number of rotatable bonds is 11. The van der Waals surface area contributed by atoms with Crippen molar-refractivity contribution in [3.8, 4) is 5.75 Å². The molecular weight excluding hydrogens is 403 g/mol. The van der Waals surface area contributed by atoms with Gasteiger partial charge in [0.05, 0.1) is 10.0 Å². The van der Waals surface area contributed by atoms with E-state index in [0.717, 1.165) is 56.0 Å². The Bertz CT molecular complexity index is 721. The summed E-state index contributed by atoms with van der Waals surface area (Å²) in [6, 6.07) is 11.2. The van der Waals surface area contributed by atoms with Crippen LogP contribution in [0, 0.1) is 0 Å². The Morgan fingerprint density at radius 3 is 2.44 bits per heavy atom. The van der Waals surface area contributed by atoms with Gasteiger partial charge in [-0.15, -0.1) is 0 Å². The van der Waals surface area contributed by atoms with E-state index in [1.54, 1.807) is 6.07 Å². The summed E-state index contributed by atoms with van der Waals surface area (Å²) in [7, 11) is 0. The highest BCUT2D eigenvalue weighted by atomic mass is 35.5. The molecule has 6 heteroatoms. The van der Waals surface area contributed by atoms with Crippen LogP contribution >= 0.6 is 34.8 Å². The van der Waals surface area contributed by atoms with Crippen molar-refractivity contribution in [3.05, 3.63) is 62.6 Å². The molecule has 0 atom stereocenters. The van der Waals surface area contributed by atoms with Gasteiger partial charge in [-0.3, -0.25) is 0 Å². The lowest BCUT2D eigenvalue weighted by molar-refractivity contribution is 0.295. The van der Waals surface area contributed by atoms with Gasteiger partial charge < -0.3 is 15.0 Å². The van der Waals surface area contributed by atoms with Crippen molar-refractivity contribution in [1.82, 2.24) is 10.2 Å². The van der Waals surface area contributed by atoms with Crippen LogP contribution < -0.4 is 10.1 Å². The van der Waals surface area contributed by atoms with Gasteiger partial charge in [0.2, 0.25) is 0 Å². The predicted molar refractivity (Wildman–Crippen MR) is 116 cm³/mol. The van der Waals surface area contributed by atoms with Crippen molar-refractivity contribution in [2.24, 2.45) is 0 Å². The molecule has 0 spiro atoms. The van der Waals surface area contributed by atoms with Crippen LogP contribution in [0.25, 0.3) is 0 Å². The first-order valence-electron chi connectivity index (χ1n) is 9.31. The molecule has 0 unspecified atom stereocenters. The van der Waals surface area contributed by atoms with Crippen molar-refractivity contribution in [3.63, 3.8) is 0 Å². The van der Waals surface area contributed by atoms with Crippen molar-refractivity contribution in [1.29, 1.82) is 0 Å². The standard InChI is InChI=1S/C21H27Cl3N2O/c1-3-26(4-2)11-5-10-25-14-17-13-18(22)7-9-21(17)27-15-16-6-8-19(23)20(24)12-16/h6-9,12-13,25H,3-5,10-11,14-15H2,1-2H3. The Kier molecular flexibility index (Phi) is 9.74. The van der Waals surface area contributed by atoms with Gasteiger partial charge in [0.1, 0.15) is 12.4 Å². The lowest BCUT2D eigenvalue weighted by Crippen LogP contribution is -2.27. The smallest absolute Gasteiger partial charge is 0.124 e. The average Bonchev–Trinajstić information content (AvgIpc) is 2.66. The lowest BCUT2D eigenvalue weighted by atomic mass is 10.2. The zero-order valence-electron chi connectivity index (χ0n) is 15.9. The number of hydrogen-bond acceptors (Lipinski definition) is 3. The van der Waals surface area contributed by atoms with E-state index in [0.29, 0.717) is 21.7 Å². The molecule has 0 saturated carbocycles. The van der Waals surface area contributed by atoms with Crippen LogP contribution in [0.15, 0.2) is 36.4 Å². The molecule has 0 aromatic heterocycles. The number of halogens is 3. The molecular formula is C21H27Cl3N2O. The number of ether oxygens (including phenoxy) is 1. The Morgan fingerprint density at radius 2 is 1.74 bits per heavy atom. The Labute approximate surface area is 177 Å². The lowest BCUT2D eigenvalue weighted by Gasteiger charge is -2.18. The van der Waals surface area contributed by atoms with Crippen molar-refractivity contribution >= 4 is 34.8 Å². The molecule has 0 aliphatic rings. The molecule has 27 heavy (non-hydrogen) atoms. The number of hydrogen-bond donors (Lipinski definition) is 1. The molecule has 148 valence electrons. The second kappa shape index (κ2) is 11.8. The topological polar surface area (TPSA) is 24.5 Å². The molecule has 2 rings (SSSR count). The van der Waals surface area contributed by atoms with Gasteiger partial charge in [0, 0.05) is 17.1 Å². The maximum absolute atomic E-state index is 6.17. The van der Waals surface area contributed by atoms with Gasteiger partial charge in [0.15, 0.2) is 0 Å². The third-order valence-electron chi connectivity index (χ3n) is 4.44. The molecule has 0 radical (unpaired) electrons. The van der Waals surface area contributed by atoms with Gasteiger partial charge >= 0.3 is 0 Å². The van der Waals surface area contributed by atoms with E-state index in [-0.39, 0.29) is 0 Å². The summed E-state index contributed by atoms with van der Waals surface area (Å²) < 4.78 is 5.99. The summed E-state index contributed by atoms with van der Waals surface area (Å²) in [6.07, 6.45) is 1.11. The highest BCUT2D eigenvalue weighted by Gasteiger charge is 2.07. The largest absolute Gasteiger partial charge is 0.489 e. The molecule has 0 fully saturated rings. The zero-order chi connectivity index (χ0) is 19.6. The van der Waals surface area contributed by atoms with Crippen LogP contribution in [-0.2, 0) is 13.2 Å². The van der Waals surface area contributed by atoms with Crippen molar-refractivity contribution < 1.29 is 4.74 Å². The van der Waals surface area contributed by atoms with Gasteiger partial charge in [-0.2, -0.15) is 0 Å². The van der Waals surface area contributed by atoms with Crippen LogP contribution in [0.1, 0.15) is 31.4 Å². The maximum Gasteiger partial charge on any atom is 0.124 e. The molecule has 0 aliphatic carbocycles. The minimum absolute atomic E-state index is 0.424. The maximum atomic E-state index is 6.17. The summed E-state index contributed by atoms with van der Waals surface area (Å²) in [5, 5.41) is 5.26. The van der Waals surface area contributed by atoms with Gasteiger partial charge in [0.25, 0.3) is 0 Å². The summed E-state index contributed by atoms with van der Waals surface area (Å²) in [4.78, 5) is 2.42. The first kappa shape index (κ1) is 22.3. The fourth-order valence-corrected chi connectivity index (χ4v) is 3.32. The molecule has 0 heterocycles. The van der Waals surface area contributed by atoms with Crippen LogP contribution in [0.2, 0.25) is 15.1 Å². The molecule has 0 saturated heterocycles. The fourth-order valence-electron chi connectivity index (χ4n) is 2.81. The first-order chi connectivity index (χ1) is 13.0. The van der Waals surface area contributed by atoms with Crippen LogP contribution in [0.4, 0.5) is 0 Å². The SMILES string of the molecule is CCN(CC)CCCNCc1cc(Cl)ccc1OCc1ccc(Cl)c(Cl)c1. The fraction of sp³-hybridized carbons (Fsp3) is 0.429. The number of nitrogens with one attached hydrogen (secondary N) is 1. The molecule has 1 N–H and O–H groups in total. The van der Waals surface area contributed by atoms with E-state index in [1.165, 1.54) is 0 Å². The summed E-state index contributed by atoms with van der Waals surface area (Å²) in [5.74, 6) is 0.821. The van der Waals surface area contributed by atoms with E-state index in [2.05, 4.69) is 24.1 Å². The Balaban J connectivity index is 1.88. The summed E-state index contributed by atoms with van der Waals surface area (Å²) >= 11 is 18.2. The van der Waals surface area contributed by atoms with E-state index in [4.69, 9.17) is 39.5 Å². The second-order valence-corrected chi connectivity index (χ2v) is 7.60. The minimum Gasteiger partial charge on any atom is -0.489 e. The monoisotopic (exact) mass is 428 g/mol. The van der Waals surface area contributed by atoms with Crippen molar-refractivity contribution in [2.45, 2.75) is 33.4 Å². The third kappa shape index (κ3) is 7.52. The van der Waals surface area contributed by atoms with Crippen LogP contribution in [0.3, 0.4) is 0 Å². The quantitative estimate of drug-likeness (QED) is 0.440. The number of benzene rings is 2.